The molecule has 1 aromatic carbocycles. The van der Waals surface area contributed by atoms with Crippen molar-refractivity contribution >= 4 is 11.7 Å². The van der Waals surface area contributed by atoms with Crippen LogP contribution in [0.2, 0.25) is 0 Å². The number of rotatable bonds is 4. The number of aromatic nitrogens is 1. The molecule has 0 fully saturated rings. The van der Waals surface area contributed by atoms with Crippen molar-refractivity contribution in [2.75, 3.05) is 26.2 Å². The molecule has 0 radical (unpaired) electrons. The highest BCUT2D eigenvalue weighted by molar-refractivity contribution is 5.80. The van der Waals surface area contributed by atoms with Crippen LogP contribution in [0.25, 0.3) is 11.1 Å². The molecule has 0 aliphatic carbocycles. The maximum Gasteiger partial charge on any atom is 0.306 e. The zero-order valence-corrected chi connectivity index (χ0v) is 14.4. The molecular weight excluding hydrogens is 304 g/mol. The minimum absolute atomic E-state index is 0.0919. The van der Waals surface area contributed by atoms with Crippen molar-refractivity contribution in [1.29, 1.82) is 0 Å². The molecule has 5 heteroatoms. The van der Waals surface area contributed by atoms with E-state index >= 15 is 0 Å². The highest BCUT2D eigenvalue weighted by Gasteiger charge is 2.36. The van der Waals surface area contributed by atoms with Gasteiger partial charge in [0.05, 0.1) is 20.6 Å². The minimum atomic E-state index is -0.191. The second kappa shape index (κ2) is 6.51. The van der Waals surface area contributed by atoms with Crippen LogP contribution in [0.15, 0.2) is 36.7 Å². The smallest absolute Gasteiger partial charge is 0.306 e. The second-order valence-corrected chi connectivity index (χ2v) is 6.09. The predicted octanol–water partition coefficient (Wildman–Crippen LogP) is 3.24. The van der Waals surface area contributed by atoms with Crippen molar-refractivity contribution in [2.45, 2.75) is 25.3 Å². The molecule has 126 valence electrons. The van der Waals surface area contributed by atoms with Gasteiger partial charge in [0.15, 0.2) is 0 Å². The van der Waals surface area contributed by atoms with E-state index in [2.05, 4.69) is 29.9 Å². The van der Waals surface area contributed by atoms with Gasteiger partial charge in [0.25, 0.3) is 0 Å². The summed E-state index contributed by atoms with van der Waals surface area (Å²) in [6, 6.07) is 8.31. The van der Waals surface area contributed by atoms with Crippen LogP contribution < -0.4 is 9.64 Å². The third-order valence-electron chi connectivity index (χ3n) is 4.91. The van der Waals surface area contributed by atoms with Crippen LogP contribution in [-0.2, 0) is 9.53 Å². The standard InChI is InChI=1S/C19H22N2O3/c1-12-14(10-19(22)24-4)16-9-18(23-3)15(8-17(16)21(12)2)13-6-5-7-20-11-13/h5-9,11-12,14H,10H2,1-4H3. The Balaban J connectivity index is 2.09. The van der Waals surface area contributed by atoms with E-state index in [1.165, 1.54) is 7.11 Å². The molecule has 2 atom stereocenters. The van der Waals surface area contributed by atoms with Gasteiger partial charge in [0.2, 0.25) is 0 Å². The topological polar surface area (TPSA) is 51.7 Å². The predicted molar refractivity (Wildman–Crippen MR) is 93.5 cm³/mol. The summed E-state index contributed by atoms with van der Waals surface area (Å²) in [4.78, 5) is 18.2. The molecule has 5 nitrogen and oxygen atoms in total. The molecule has 0 N–H and O–H groups in total. The molecule has 0 spiro atoms. The molecular formula is C19H22N2O3. The number of methoxy groups -OCH3 is 2. The lowest BCUT2D eigenvalue weighted by Crippen LogP contribution is -2.28. The normalized spacial score (nSPS) is 19.1. The number of carbonyl (C=O) groups excluding carboxylic acids is 1. The van der Waals surface area contributed by atoms with Crippen LogP contribution in [0.3, 0.4) is 0 Å². The zero-order chi connectivity index (χ0) is 17.3. The van der Waals surface area contributed by atoms with E-state index in [0.29, 0.717) is 6.42 Å². The maximum absolute atomic E-state index is 11.8. The Kier molecular flexibility index (Phi) is 4.42. The molecule has 1 aliphatic heterocycles. The van der Waals surface area contributed by atoms with Gasteiger partial charge in [0.1, 0.15) is 5.75 Å². The number of pyridine rings is 1. The van der Waals surface area contributed by atoms with Gasteiger partial charge in [-0.3, -0.25) is 9.78 Å². The molecule has 2 unspecified atom stereocenters. The van der Waals surface area contributed by atoms with E-state index in [0.717, 1.165) is 28.1 Å². The van der Waals surface area contributed by atoms with Crippen molar-refractivity contribution in [3.63, 3.8) is 0 Å². The van der Waals surface area contributed by atoms with Crippen molar-refractivity contribution in [1.82, 2.24) is 4.98 Å². The highest BCUT2D eigenvalue weighted by atomic mass is 16.5. The van der Waals surface area contributed by atoms with Gasteiger partial charge < -0.3 is 14.4 Å². The van der Waals surface area contributed by atoms with Gasteiger partial charge in [-0.15, -0.1) is 0 Å². The molecule has 0 saturated carbocycles. The molecule has 3 rings (SSSR count). The molecule has 0 amide bonds. The Morgan fingerprint density at radius 1 is 1.33 bits per heavy atom. The molecule has 2 heterocycles. The van der Waals surface area contributed by atoms with Crippen LogP contribution in [-0.4, -0.2) is 38.3 Å². The summed E-state index contributed by atoms with van der Waals surface area (Å²) >= 11 is 0. The largest absolute Gasteiger partial charge is 0.496 e. The highest BCUT2D eigenvalue weighted by Crippen LogP contribution is 2.47. The van der Waals surface area contributed by atoms with Crippen molar-refractivity contribution in [3.8, 4) is 16.9 Å². The first kappa shape index (κ1) is 16.3. The maximum atomic E-state index is 11.8. The Morgan fingerprint density at radius 3 is 2.75 bits per heavy atom. The molecule has 1 aliphatic rings. The van der Waals surface area contributed by atoms with E-state index < -0.39 is 0 Å². The number of fused-ring (bicyclic) bond motifs is 1. The first-order valence-electron chi connectivity index (χ1n) is 7.98. The molecule has 0 bridgehead atoms. The third-order valence-corrected chi connectivity index (χ3v) is 4.91. The summed E-state index contributed by atoms with van der Waals surface area (Å²) in [5.41, 5.74) is 4.26. The van der Waals surface area contributed by atoms with Crippen LogP contribution in [0.5, 0.6) is 5.75 Å². The number of esters is 1. The number of benzene rings is 1. The average molecular weight is 326 g/mol. The monoisotopic (exact) mass is 326 g/mol. The van der Waals surface area contributed by atoms with Gasteiger partial charge in [-0.05, 0) is 30.7 Å². The quantitative estimate of drug-likeness (QED) is 0.807. The van der Waals surface area contributed by atoms with Crippen LogP contribution in [0.4, 0.5) is 5.69 Å². The fraction of sp³-hybridized carbons (Fsp3) is 0.368. The summed E-state index contributed by atoms with van der Waals surface area (Å²) in [6.45, 7) is 2.13. The van der Waals surface area contributed by atoms with Crippen LogP contribution >= 0.6 is 0 Å². The third kappa shape index (κ3) is 2.70. The summed E-state index contributed by atoms with van der Waals surface area (Å²) < 4.78 is 10.5. The fourth-order valence-electron chi connectivity index (χ4n) is 3.40. The summed E-state index contributed by atoms with van der Waals surface area (Å²) in [7, 11) is 5.15. The average Bonchev–Trinajstić information content (AvgIpc) is 2.85. The molecule has 0 saturated heterocycles. The number of nitrogens with zero attached hydrogens (tertiary/aromatic N) is 2. The van der Waals surface area contributed by atoms with Gasteiger partial charge in [0, 0.05) is 48.2 Å². The van der Waals surface area contributed by atoms with Crippen LogP contribution in [0, 0.1) is 0 Å². The second-order valence-electron chi connectivity index (χ2n) is 6.09. The number of hydrogen-bond donors (Lipinski definition) is 0. The SMILES string of the molecule is COC(=O)CC1c2cc(OC)c(-c3cccnc3)cc2N(C)C1C. The summed E-state index contributed by atoms with van der Waals surface area (Å²) in [6.07, 6.45) is 3.95. The van der Waals surface area contributed by atoms with Gasteiger partial charge in [-0.2, -0.15) is 0 Å². The number of hydrogen-bond acceptors (Lipinski definition) is 5. The first-order valence-corrected chi connectivity index (χ1v) is 7.98. The van der Waals surface area contributed by atoms with Crippen molar-refractivity contribution in [2.24, 2.45) is 0 Å². The Labute approximate surface area is 142 Å². The fourth-order valence-corrected chi connectivity index (χ4v) is 3.40. The minimum Gasteiger partial charge on any atom is -0.496 e. The number of anilines is 1. The Hall–Kier alpha value is -2.56. The number of likely N-dealkylation sites (N-methyl/N-ethyl adjacent to an activating group) is 1. The van der Waals surface area contributed by atoms with E-state index in [-0.39, 0.29) is 17.9 Å². The van der Waals surface area contributed by atoms with Crippen molar-refractivity contribution < 1.29 is 14.3 Å². The molecule has 1 aromatic heterocycles. The van der Waals surface area contributed by atoms with Gasteiger partial charge in [-0.1, -0.05) is 6.07 Å². The number of carbonyl (C=O) groups is 1. The summed E-state index contributed by atoms with van der Waals surface area (Å²) in [5.74, 6) is 0.691. The zero-order valence-electron chi connectivity index (χ0n) is 14.4. The first-order chi connectivity index (χ1) is 11.6. The van der Waals surface area contributed by atoms with Crippen LogP contribution in [0.1, 0.15) is 24.8 Å². The lowest BCUT2D eigenvalue weighted by atomic mass is 9.91. The van der Waals surface area contributed by atoms with E-state index in [1.54, 1.807) is 13.3 Å². The Bertz CT molecular complexity index is 746. The Morgan fingerprint density at radius 2 is 2.12 bits per heavy atom. The molecule has 2 aromatic rings. The van der Waals surface area contributed by atoms with E-state index in [1.807, 2.05) is 24.4 Å². The molecule has 24 heavy (non-hydrogen) atoms. The lowest BCUT2D eigenvalue weighted by Gasteiger charge is -2.22. The number of ether oxygens (including phenoxy) is 2. The summed E-state index contributed by atoms with van der Waals surface area (Å²) in [5, 5.41) is 0. The van der Waals surface area contributed by atoms with Gasteiger partial charge >= 0.3 is 5.97 Å². The van der Waals surface area contributed by atoms with E-state index in [9.17, 15) is 4.79 Å². The van der Waals surface area contributed by atoms with Gasteiger partial charge in [-0.25, -0.2) is 0 Å². The van der Waals surface area contributed by atoms with Crippen molar-refractivity contribution in [3.05, 3.63) is 42.2 Å². The van der Waals surface area contributed by atoms with E-state index in [4.69, 9.17) is 9.47 Å². The lowest BCUT2D eigenvalue weighted by molar-refractivity contribution is -0.141.